The molecule has 2 aromatic carbocycles. The van der Waals surface area contributed by atoms with E-state index in [9.17, 15) is 19.2 Å². The average Bonchev–Trinajstić information content (AvgIpc) is 3.27. The van der Waals surface area contributed by atoms with Gasteiger partial charge in [-0.25, -0.2) is 0 Å². The van der Waals surface area contributed by atoms with Gasteiger partial charge in [-0.3, -0.25) is 19.2 Å². The van der Waals surface area contributed by atoms with Gasteiger partial charge in [0.1, 0.15) is 12.0 Å². The molecule has 4 rings (SSSR count). The first kappa shape index (κ1) is 30.2. The van der Waals surface area contributed by atoms with Gasteiger partial charge in [0.2, 0.25) is 0 Å². The van der Waals surface area contributed by atoms with E-state index in [1.165, 1.54) is 45.0 Å². The summed E-state index contributed by atoms with van der Waals surface area (Å²) in [5.74, 6) is -2.32. The molecule has 0 radical (unpaired) electrons. The molecular weight excluding hydrogens is 546 g/mol. The Morgan fingerprint density at radius 2 is 1.34 bits per heavy atom. The maximum absolute atomic E-state index is 12.3. The number of fused-ring (bicyclic) bond motifs is 1. The lowest BCUT2D eigenvalue weighted by atomic mass is 10.0. The third-order valence-corrected chi connectivity index (χ3v) is 8.42. The molecule has 0 spiro atoms. The Morgan fingerprint density at radius 3 is 1.95 bits per heavy atom. The largest absolute Gasteiger partial charge is 0.465 e. The van der Waals surface area contributed by atoms with E-state index in [0.717, 1.165) is 28.5 Å². The van der Waals surface area contributed by atoms with Crippen molar-refractivity contribution in [2.24, 2.45) is 0 Å². The van der Waals surface area contributed by atoms with Crippen LogP contribution in [0.4, 0.5) is 0 Å². The second-order valence-electron chi connectivity index (χ2n) is 10.0. The maximum atomic E-state index is 12.3. The van der Waals surface area contributed by atoms with E-state index in [0.29, 0.717) is 6.42 Å². The van der Waals surface area contributed by atoms with Crippen molar-refractivity contribution >= 4 is 46.5 Å². The first-order valence-electron chi connectivity index (χ1n) is 13.5. The summed E-state index contributed by atoms with van der Waals surface area (Å²) in [4.78, 5) is 48.4. The van der Waals surface area contributed by atoms with Crippen molar-refractivity contribution in [3.05, 3.63) is 71.4 Å². The zero-order valence-electron chi connectivity index (χ0n) is 23.8. The van der Waals surface area contributed by atoms with Crippen LogP contribution in [0.3, 0.4) is 0 Å². The highest BCUT2D eigenvalue weighted by molar-refractivity contribution is 8.00. The van der Waals surface area contributed by atoms with E-state index in [2.05, 4.69) is 31.2 Å². The smallest absolute Gasteiger partial charge is 0.303 e. The zero-order valence-corrected chi connectivity index (χ0v) is 24.6. The maximum Gasteiger partial charge on any atom is 0.303 e. The number of ether oxygens (including phenoxy) is 4. The Labute approximate surface area is 243 Å². The van der Waals surface area contributed by atoms with Gasteiger partial charge in [-0.05, 0) is 35.6 Å². The second-order valence-corrected chi connectivity index (χ2v) is 11.4. The normalized spacial score (nSPS) is 22.1. The molecule has 1 aliphatic heterocycles. The van der Waals surface area contributed by atoms with E-state index in [-0.39, 0.29) is 6.61 Å². The second kappa shape index (κ2) is 13.2. The van der Waals surface area contributed by atoms with Crippen molar-refractivity contribution in [1.82, 2.24) is 4.57 Å². The zero-order chi connectivity index (χ0) is 29.7. The molecule has 41 heavy (non-hydrogen) atoms. The number of hydrogen-bond acceptors (Lipinski definition) is 9. The van der Waals surface area contributed by atoms with Crippen LogP contribution in [-0.4, -0.2) is 58.6 Å². The summed E-state index contributed by atoms with van der Waals surface area (Å²) in [7, 11) is 0. The van der Waals surface area contributed by atoms with E-state index >= 15 is 0 Å². The quantitative estimate of drug-likeness (QED) is 0.261. The molecule has 0 amide bonds. The van der Waals surface area contributed by atoms with Crippen molar-refractivity contribution in [3.63, 3.8) is 0 Å². The number of para-hydroxylation sites is 1. The monoisotopic (exact) mass is 581 g/mol. The number of rotatable bonds is 9. The summed E-state index contributed by atoms with van der Waals surface area (Å²) in [6.07, 6.45) is 0.479. The molecule has 0 unspecified atom stereocenters. The number of carbonyl (C=O) groups is 4. The van der Waals surface area contributed by atoms with E-state index in [1.807, 2.05) is 35.0 Å². The molecular formula is C31H35NO8S. The number of esters is 4. The van der Waals surface area contributed by atoms with Crippen LogP contribution in [0.5, 0.6) is 0 Å². The number of aromatic nitrogens is 1. The van der Waals surface area contributed by atoms with Gasteiger partial charge in [-0.15, -0.1) is 11.8 Å². The predicted octanol–water partition coefficient (Wildman–Crippen LogP) is 4.77. The number of aryl methyl sites for hydroxylation is 1. The van der Waals surface area contributed by atoms with Crippen LogP contribution in [0.15, 0.2) is 54.7 Å². The Morgan fingerprint density at radius 1 is 0.756 bits per heavy atom. The van der Waals surface area contributed by atoms with Crippen LogP contribution in [0.2, 0.25) is 0 Å². The molecule has 0 N–H and O–H groups in total. The first-order valence-corrected chi connectivity index (χ1v) is 14.5. The highest BCUT2D eigenvalue weighted by Crippen LogP contribution is 2.46. The van der Waals surface area contributed by atoms with Gasteiger partial charge in [0, 0.05) is 44.8 Å². The average molecular weight is 582 g/mol. The Kier molecular flexibility index (Phi) is 9.75. The Balaban J connectivity index is 1.82. The van der Waals surface area contributed by atoms with Gasteiger partial charge in [-0.2, -0.15) is 0 Å². The lowest BCUT2D eigenvalue weighted by molar-refractivity contribution is -0.187. The Bertz CT molecular complexity index is 1420. The van der Waals surface area contributed by atoms with Gasteiger partial charge in [-0.1, -0.05) is 49.4 Å². The van der Waals surface area contributed by atoms with Crippen LogP contribution < -0.4 is 0 Å². The predicted molar refractivity (Wildman–Crippen MR) is 154 cm³/mol. The van der Waals surface area contributed by atoms with Gasteiger partial charge in [0.25, 0.3) is 0 Å². The van der Waals surface area contributed by atoms with Crippen LogP contribution in [-0.2, 0) is 51.0 Å². The minimum absolute atomic E-state index is 0.102. The highest BCUT2D eigenvalue weighted by atomic mass is 32.2. The summed E-state index contributed by atoms with van der Waals surface area (Å²) >= 11 is 1.34. The lowest BCUT2D eigenvalue weighted by Gasteiger charge is -2.44. The summed E-state index contributed by atoms with van der Waals surface area (Å²) < 4.78 is 24.4. The van der Waals surface area contributed by atoms with Crippen LogP contribution in [0.25, 0.3) is 10.9 Å². The molecule has 1 saturated heterocycles. The molecule has 0 aliphatic carbocycles. The third-order valence-electron chi connectivity index (χ3n) is 6.89. The summed E-state index contributed by atoms with van der Waals surface area (Å²) in [6, 6.07) is 16.4. The molecule has 1 fully saturated rings. The fraction of sp³-hybridized carbons (Fsp3) is 0.419. The molecule has 0 saturated carbocycles. The van der Waals surface area contributed by atoms with Crippen LogP contribution in [0, 0.1) is 0 Å². The molecule has 10 heteroatoms. The molecule has 2 heterocycles. The topological polar surface area (TPSA) is 110 Å². The van der Waals surface area contributed by atoms with E-state index in [1.54, 1.807) is 0 Å². The minimum atomic E-state index is -1.14. The fourth-order valence-electron chi connectivity index (χ4n) is 5.17. The standard InChI is InChI=1S/C31H35NO8S/c1-6-22-11-13-23(14-12-22)15-24-16-32(26-10-8-7-9-25(24)26)31-30(40-21(5)36)29(39-20(4)35)28(38-19(3)34)27(41-31)17-37-18(2)33/h7-14,16,27-31H,6,15,17H2,1-5H3/t27-,28+,29-,30+,31-/m0/s1. The van der Waals surface area contributed by atoms with Crippen molar-refractivity contribution < 1.29 is 38.1 Å². The number of hydrogen-bond donors (Lipinski definition) is 0. The van der Waals surface area contributed by atoms with Crippen molar-refractivity contribution in [3.8, 4) is 0 Å². The van der Waals surface area contributed by atoms with Gasteiger partial charge in [0.05, 0.1) is 5.25 Å². The van der Waals surface area contributed by atoms with Crippen LogP contribution >= 0.6 is 11.8 Å². The van der Waals surface area contributed by atoms with Gasteiger partial charge in [0.15, 0.2) is 18.3 Å². The van der Waals surface area contributed by atoms with Crippen molar-refractivity contribution in [2.45, 2.75) is 76.4 Å². The Hall–Kier alpha value is -3.79. The summed E-state index contributed by atoms with van der Waals surface area (Å²) in [5.41, 5.74) is 4.37. The van der Waals surface area contributed by atoms with Gasteiger partial charge >= 0.3 is 23.9 Å². The van der Waals surface area contributed by atoms with E-state index < -0.39 is 52.8 Å². The number of benzene rings is 2. The fourth-order valence-corrected chi connectivity index (χ4v) is 6.71. The number of carbonyl (C=O) groups excluding carboxylic acids is 4. The van der Waals surface area contributed by atoms with E-state index in [4.69, 9.17) is 18.9 Å². The molecule has 5 atom stereocenters. The van der Waals surface area contributed by atoms with Gasteiger partial charge < -0.3 is 23.5 Å². The SMILES string of the molecule is CCc1ccc(Cc2cn([C@H]3S[C@@H](COC(C)=O)[C@@H](OC(C)=O)[C@H](OC(C)=O)[C@H]3OC(C)=O)c3ccccc23)cc1. The molecule has 0 bridgehead atoms. The minimum Gasteiger partial charge on any atom is -0.465 e. The molecule has 218 valence electrons. The summed E-state index contributed by atoms with van der Waals surface area (Å²) in [6.45, 7) is 7.06. The summed E-state index contributed by atoms with van der Waals surface area (Å²) in [5, 5.41) is -0.191. The third kappa shape index (κ3) is 7.30. The molecule has 1 aromatic heterocycles. The molecule has 9 nitrogen and oxygen atoms in total. The highest BCUT2D eigenvalue weighted by Gasteiger charge is 2.52. The molecule has 3 aromatic rings. The lowest BCUT2D eigenvalue weighted by Crippen LogP contribution is -2.57. The number of nitrogens with zero attached hydrogens (tertiary/aromatic N) is 1. The first-order chi connectivity index (χ1) is 19.6. The number of thioether (sulfide) groups is 1. The van der Waals surface area contributed by atoms with Crippen LogP contribution in [0.1, 0.15) is 56.7 Å². The molecule has 1 aliphatic rings. The van der Waals surface area contributed by atoms with Crippen molar-refractivity contribution in [1.29, 1.82) is 0 Å². The van der Waals surface area contributed by atoms with Crippen molar-refractivity contribution in [2.75, 3.05) is 6.61 Å².